The number of carbonyl (C=O) groups is 2. The minimum atomic E-state index is -3.68. The van der Waals surface area contributed by atoms with E-state index in [-0.39, 0.29) is 29.8 Å². The molecule has 10 heteroatoms. The molecule has 0 saturated carbocycles. The monoisotopic (exact) mass is 444 g/mol. The molecule has 30 heavy (non-hydrogen) atoms. The van der Waals surface area contributed by atoms with Gasteiger partial charge >= 0.3 is 0 Å². The molecular weight excluding hydrogens is 424 g/mol. The quantitative estimate of drug-likeness (QED) is 0.666. The summed E-state index contributed by atoms with van der Waals surface area (Å²) in [6.07, 6.45) is 0. The lowest BCUT2D eigenvalue weighted by Crippen LogP contribution is -2.50. The van der Waals surface area contributed by atoms with E-state index in [1.54, 1.807) is 17.0 Å². The number of hydrogen-bond acceptors (Lipinski definition) is 6. The molecule has 1 N–H and O–H groups in total. The molecule has 156 valence electrons. The van der Waals surface area contributed by atoms with E-state index < -0.39 is 10.0 Å². The summed E-state index contributed by atoms with van der Waals surface area (Å²) in [5, 5.41) is 3.43. The molecule has 0 atom stereocenters. The third-order valence-electron chi connectivity index (χ3n) is 4.92. The Balaban J connectivity index is 1.44. The first-order chi connectivity index (χ1) is 14.4. The molecule has 1 aliphatic rings. The van der Waals surface area contributed by atoms with Crippen LogP contribution in [0.1, 0.15) is 17.4 Å². The Labute approximate surface area is 178 Å². The third kappa shape index (κ3) is 3.93. The van der Waals surface area contributed by atoms with Gasteiger partial charge in [0.1, 0.15) is 5.69 Å². The van der Waals surface area contributed by atoms with Crippen molar-refractivity contribution in [3.05, 3.63) is 54.2 Å². The zero-order valence-electron chi connectivity index (χ0n) is 16.2. The maximum atomic E-state index is 12.9. The largest absolute Gasteiger partial charge is 0.335 e. The number of aromatic nitrogens is 1. The molecule has 3 aromatic rings. The molecule has 2 aromatic carbocycles. The summed E-state index contributed by atoms with van der Waals surface area (Å²) < 4.78 is 32.5. The molecule has 1 saturated heterocycles. The molecule has 1 aromatic heterocycles. The van der Waals surface area contributed by atoms with Crippen LogP contribution < -0.4 is 5.32 Å². The number of rotatable bonds is 4. The van der Waals surface area contributed by atoms with Gasteiger partial charge in [0.05, 0.1) is 9.60 Å². The van der Waals surface area contributed by atoms with Gasteiger partial charge in [-0.15, -0.1) is 0 Å². The average molecular weight is 445 g/mol. The normalized spacial score (nSPS) is 15.3. The van der Waals surface area contributed by atoms with Gasteiger partial charge in [-0.1, -0.05) is 18.2 Å². The molecule has 8 nitrogen and oxygen atoms in total. The Hall–Kier alpha value is -2.82. The highest BCUT2D eigenvalue weighted by molar-refractivity contribution is 7.89. The second kappa shape index (κ2) is 8.13. The van der Waals surface area contributed by atoms with Crippen molar-refractivity contribution in [3.8, 4) is 0 Å². The van der Waals surface area contributed by atoms with Gasteiger partial charge in [-0.25, -0.2) is 8.42 Å². The lowest BCUT2D eigenvalue weighted by atomic mass is 10.2. The number of piperazine rings is 1. The first-order valence-electron chi connectivity index (χ1n) is 9.38. The van der Waals surface area contributed by atoms with Gasteiger partial charge in [-0.3, -0.25) is 9.59 Å². The van der Waals surface area contributed by atoms with Crippen molar-refractivity contribution < 1.29 is 18.0 Å². The van der Waals surface area contributed by atoms with Crippen LogP contribution in [0.2, 0.25) is 0 Å². The Kier molecular flexibility index (Phi) is 5.54. The minimum Gasteiger partial charge on any atom is -0.335 e. The van der Waals surface area contributed by atoms with Crippen LogP contribution in [0.3, 0.4) is 0 Å². The van der Waals surface area contributed by atoms with Crippen LogP contribution in [0, 0.1) is 0 Å². The highest BCUT2D eigenvalue weighted by Crippen LogP contribution is 2.25. The maximum absolute atomic E-state index is 12.9. The zero-order chi connectivity index (χ0) is 21.3. The number of nitrogens with one attached hydrogen (secondary N) is 1. The van der Waals surface area contributed by atoms with Gasteiger partial charge in [0.2, 0.25) is 15.9 Å². The fourth-order valence-corrected chi connectivity index (χ4v) is 5.57. The third-order valence-corrected chi connectivity index (χ3v) is 7.66. The molecule has 4 rings (SSSR count). The van der Waals surface area contributed by atoms with E-state index in [1.165, 1.54) is 34.9 Å². The van der Waals surface area contributed by atoms with Gasteiger partial charge in [-0.05, 0) is 41.9 Å². The number of nitrogens with zero attached hydrogens (tertiary/aromatic N) is 3. The number of sulfonamides is 1. The van der Waals surface area contributed by atoms with E-state index in [0.717, 1.165) is 10.1 Å². The van der Waals surface area contributed by atoms with Gasteiger partial charge in [0.15, 0.2) is 0 Å². The number of carbonyl (C=O) groups excluding carboxylic acids is 2. The van der Waals surface area contributed by atoms with Crippen LogP contribution in [0.4, 0.5) is 5.69 Å². The van der Waals surface area contributed by atoms with Crippen molar-refractivity contribution in [2.24, 2.45) is 0 Å². The van der Waals surface area contributed by atoms with Gasteiger partial charge in [0, 0.05) is 44.2 Å². The van der Waals surface area contributed by atoms with Crippen molar-refractivity contribution in [1.29, 1.82) is 0 Å². The van der Waals surface area contributed by atoms with Crippen LogP contribution in [0.25, 0.3) is 10.1 Å². The summed E-state index contributed by atoms with van der Waals surface area (Å²) in [6.45, 7) is 2.41. The Morgan fingerprint density at radius 3 is 2.33 bits per heavy atom. The Bertz CT molecular complexity index is 1200. The molecule has 2 amide bonds. The highest BCUT2D eigenvalue weighted by atomic mass is 32.2. The van der Waals surface area contributed by atoms with Crippen molar-refractivity contribution in [2.75, 3.05) is 31.5 Å². The fourth-order valence-electron chi connectivity index (χ4n) is 3.38. The van der Waals surface area contributed by atoms with Crippen molar-refractivity contribution in [3.63, 3.8) is 0 Å². The molecule has 0 radical (unpaired) electrons. The molecule has 0 bridgehead atoms. The summed E-state index contributed by atoms with van der Waals surface area (Å²) in [7, 11) is -3.68. The van der Waals surface area contributed by atoms with Crippen LogP contribution in [-0.4, -0.2) is 60.0 Å². The van der Waals surface area contributed by atoms with Crippen LogP contribution >= 0.6 is 11.5 Å². The molecule has 1 fully saturated rings. The van der Waals surface area contributed by atoms with E-state index in [1.807, 2.05) is 24.3 Å². The summed E-state index contributed by atoms with van der Waals surface area (Å²) in [4.78, 5) is 25.8. The Morgan fingerprint density at radius 2 is 1.67 bits per heavy atom. The number of anilines is 1. The molecule has 0 aliphatic carbocycles. The van der Waals surface area contributed by atoms with Gasteiger partial charge in [-0.2, -0.15) is 8.68 Å². The predicted molar refractivity (Wildman–Crippen MR) is 115 cm³/mol. The summed E-state index contributed by atoms with van der Waals surface area (Å²) >= 11 is 1.28. The second-order valence-electron chi connectivity index (χ2n) is 6.93. The summed E-state index contributed by atoms with van der Waals surface area (Å²) in [6, 6.07) is 13.6. The van der Waals surface area contributed by atoms with E-state index in [9.17, 15) is 18.0 Å². The fraction of sp³-hybridized carbons (Fsp3) is 0.250. The SMILES string of the molecule is CC(=O)Nc1ccc(S(=O)(=O)N2CCN(C(=O)c3nsc4ccccc34)CC2)cc1. The molecular formula is C20H20N4O4S2. The molecule has 1 aliphatic heterocycles. The van der Waals surface area contributed by atoms with E-state index in [0.29, 0.717) is 24.5 Å². The minimum absolute atomic E-state index is 0.155. The van der Waals surface area contributed by atoms with Crippen LogP contribution in [0.15, 0.2) is 53.4 Å². The number of hydrogen-bond donors (Lipinski definition) is 1. The smallest absolute Gasteiger partial charge is 0.274 e. The van der Waals surface area contributed by atoms with E-state index in [2.05, 4.69) is 9.69 Å². The van der Waals surface area contributed by atoms with Crippen LogP contribution in [-0.2, 0) is 14.8 Å². The topological polar surface area (TPSA) is 99.7 Å². The van der Waals surface area contributed by atoms with E-state index in [4.69, 9.17) is 0 Å². The van der Waals surface area contributed by atoms with Crippen LogP contribution in [0.5, 0.6) is 0 Å². The maximum Gasteiger partial charge on any atom is 0.274 e. The van der Waals surface area contributed by atoms with Crippen molar-refractivity contribution >= 4 is 49.1 Å². The molecule has 0 spiro atoms. The summed E-state index contributed by atoms with van der Waals surface area (Å²) in [5.41, 5.74) is 0.952. The zero-order valence-corrected chi connectivity index (χ0v) is 17.9. The summed E-state index contributed by atoms with van der Waals surface area (Å²) in [5.74, 6) is -0.400. The second-order valence-corrected chi connectivity index (χ2v) is 9.67. The standard InChI is InChI=1S/C20H20N4O4S2/c1-14(25)21-15-6-8-16(9-7-15)30(27,28)24-12-10-23(11-13-24)20(26)19-17-4-2-3-5-18(17)29-22-19/h2-9H,10-13H2,1H3,(H,21,25). The highest BCUT2D eigenvalue weighted by Gasteiger charge is 2.31. The first kappa shape index (κ1) is 20.5. The van der Waals surface area contributed by atoms with Crippen molar-refractivity contribution in [1.82, 2.24) is 13.6 Å². The van der Waals surface area contributed by atoms with Crippen molar-refractivity contribution in [2.45, 2.75) is 11.8 Å². The average Bonchev–Trinajstić information content (AvgIpc) is 3.17. The first-order valence-corrected chi connectivity index (χ1v) is 11.6. The lowest BCUT2D eigenvalue weighted by molar-refractivity contribution is -0.114. The van der Waals surface area contributed by atoms with Gasteiger partial charge in [0.25, 0.3) is 5.91 Å². The van der Waals surface area contributed by atoms with Gasteiger partial charge < -0.3 is 10.2 Å². The number of fused-ring (bicyclic) bond motifs is 1. The lowest BCUT2D eigenvalue weighted by Gasteiger charge is -2.33. The Morgan fingerprint density at radius 1 is 1.00 bits per heavy atom. The number of amides is 2. The predicted octanol–water partition coefficient (Wildman–Crippen LogP) is 2.40. The molecule has 0 unspecified atom stereocenters. The molecule has 2 heterocycles. The van der Waals surface area contributed by atoms with E-state index >= 15 is 0 Å². The number of benzene rings is 2.